The SMILES string of the molecule is Cc1nc(N(C)C2CCN(Cc3ccncc3)CC2)c2cc[nH]c2n1. The summed E-state index contributed by atoms with van der Waals surface area (Å²) in [6.07, 6.45) is 7.98. The van der Waals surface area contributed by atoms with Crippen molar-refractivity contribution in [2.45, 2.75) is 32.4 Å². The summed E-state index contributed by atoms with van der Waals surface area (Å²) < 4.78 is 0. The van der Waals surface area contributed by atoms with Crippen LogP contribution in [-0.4, -0.2) is 51.0 Å². The highest BCUT2D eigenvalue weighted by atomic mass is 15.2. The van der Waals surface area contributed by atoms with Crippen LogP contribution in [0.3, 0.4) is 0 Å². The molecule has 0 saturated carbocycles. The first kappa shape index (κ1) is 16.0. The molecule has 0 amide bonds. The third kappa shape index (κ3) is 3.35. The maximum Gasteiger partial charge on any atom is 0.143 e. The molecule has 25 heavy (non-hydrogen) atoms. The van der Waals surface area contributed by atoms with Gasteiger partial charge in [0, 0.05) is 51.3 Å². The molecule has 0 spiro atoms. The van der Waals surface area contributed by atoms with E-state index in [1.807, 2.05) is 25.5 Å². The number of piperidine rings is 1. The van der Waals surface area contributed by atoms with Crippen LogP contribution in [0.25, 0.3) is 11.0 Å². The molecule has 0 atom stereocenters. The summed E-state index contributed by atoms with van der Waals surface area (Å²) in [6, 6.07) is 6.79. The zero-order chi connectivity index (χ0) is 17.2. The minimum absolute atomic E-state index is 0.515. The molecule has 0 radical (unpaired) electrons. The van der Waals surface area contributed by atoms with Crippen LogP contribution in [0.15, 0.2) is 36.8 Å². The number of rotatable bonds is 4. The lowest BCUT2D eigenvalue weighted by atomic mass is 10.0. The number of pyridine rings is 1. The fourth-order valence-corrected chi connectivity index (χ4v) is 3.69. The summed E-state index contributed by atoms with van der Waals surface area (Å²) in [7, 11) is 2.16. The lowest BCUT2D eigenvalue weighted by molar-refractivity contribution is 0.203. The number of anilines is 1. The van der Waals surface area contributed by atoms with Gasteiger partial charge in [0.15, 0.2) is 0 Å². The highest BCUT2D eigenvalue weighted by Gasteiger charge is 2.24. The Labute approximate surface area is 147 Å². The number of aromatic amines is 1. The van der Waals surface area contributed by atoms with Gasteiger partial charge in [0.1, 0.15) is 17.3 Å². The van der Waals surface area contributed by atoms with Gasteiger partial charge in [-0.1, -0.05) is 0 Å². The van der Waals surface area contributed by atoms with Gasteiger partial charge in [-0.15, -0.1) is 0 Å². The van der Waals surface area contributed by atoms with Crippen LogP contribution in [0.5, 0.6) is 0 Å². The molecule has 6 nitrogen and oxygen atoms in total. The number of H-pyrrole nitrogens is 1. The van der Waals surface area contributed by atoms with E-state index < -0.39 is 0 Å². The largest absolute Gasteiger partial charge is 0.356 e. The maximum absolute atomic E-state index is 4.71. The molecule has 4 rings (SSSR count). The Morgan fingerprint density at radius 3 is 2.68 bits per heavy atom. The first-order valence-electron chi connectivity index (χ1n) is 8.86. The Morgan fingerprint density at radius 1 is 1.16 bits per heavy atom. The molecule has 0 bridgehead atoms. The number of fused-ring (bicyclic) bond motifs is 1. The van der Waals surface area contributed by atoms with Crippen molar-refractivity contribution in [1.29, 1.82) is 0 Å². The minimum atomic E-state index is 0.515. The molecule has 6 heteroatoms. The van der Waals surface area contributed by atoms with Gasteiger partial charge in [-0.3, -0.25) is 9.88 Å². The standard InChI is InChI=1S/C19H24N6/c1-14-22-18-17(5-10-21-18)19(23-14)24(2)16-6-11-25(12-7-16)13-15-3-8-20-9-4-15/h3-5,8-10,16H,6-7,11-13H2,1-2H3,(H,21,22,23). The summed E-state index contributed by atoms with van der Waals surface area (Å²) in [5.41, 5.74) is 2.26. The van der Waals surface area contributed by atoms with Gasteiger partial charge in [-0.05, 0) is 43.5 Å². The summed E-state index contributed by atoms with van der Waals surface area (Å²) in [5, 5.41) is 1.10. The number of hydrogen-bond acceptors (Lipinski definition) is 5. The van der Waals surface area contributed by atoms with Crippen LogP contribution in [0.1, 0.15) is 24.2 Å². The molecule has 0 aliphatic carbocycles. The van der Waals surface area contributed by atoms with Crippen LogP contribution >= 0.6 is 0 Å². The molecule has 130 valence electrons. The van der Waals surface area contributed by atoms with Crippen LogP contribution in [0, 0.1) is 6.92 Å². The first-order chi connectivity index (χ1) is 12.2. The number of nitrogens with zero attached hydrogens (tertiary/aromatic N) is 5. The monoisotopic (exact) mass is 336 g/mol. The Morgan fingerprint density at radius 2 is 1.92 bits per heavy atom. The van der Waals surface area contributed by atoms with Crippen molar-refractivity contribution < 1.29 is 0 Å². The van der Waals surface area contributed by atoms with Gasteiger partial charge >= 0.3 is 0 Å². The fraction of sp³-hybridized carbons (Fsp3) is 0.421. The van der Waals surface area contributed by atoms with E-state index in [4.69, 9.17) is 4.98 Å². The molecule has 1 aliphatic rings. The van der Waals surface area contributed by atoms with Gasteiger partial charge in [0.05, 0.1) is 5.39 Å². The smallest absolute Gasteiger partial charge is 0.143 e. The Balaban J connectivity index is 1.44. The zero-order valence-corrected chi connectivity index (χ0v) is 14.8. The van der Waals surface area contributed by atoms with E-state index in [0.29, 0.717) is 6.04 Å². The summed E-state index contributed by atoms with van der Waals surface area (Å²) >= 11 is 0. The molecule has 1 saturated heterocycles. The average Bonchev–Trinajstić information content (AvgIpc) is 3.10. The average molecular weight is 336 g/mol. The predicted molar refractivity (Wildman–Crippen MR) is 99.6 cm³/mol. The molecular formula is C19H24N6. The second-order valence-electron chi connectivity index (χ2n) is 6.81. The van der Waals surface area contributed by atoms with Crippen molar-refractivity contribution in [1.82, 2.24) is 24.8 Å². The topological polar surface area (TPSA) is 60.9 Å². The van der Waals surface area contributed by atoms with E-state index in [-0.39, 0.29) is 0 Å². The van der Waals surface area contributed by atoms with Gasteiger partial charge in [0.25, 0.3) is 0 Å². The molecule has 1 fully saturated rings. The lowest BCUT2D eigenvalue weighted by Crippen LogP contribution is -2.43. The maximum atomic E-state index is 4.71. The van der Waals surface area contributed by atoms with E-state index in [9.17, 15) is 0 Å². The van der Waals surface area contributed by atoms with E-state index in [0.717, 1.165) is 55.2 Å². The number of nitrogens with one attached hydrogen (secondary N) is 1. The van der Waals surface area contributed by atoms with Crippen molar-refractivity contribution in [3.05, 3.63) is 48.2 Å². The first-order valence-corrected chi connectivity index (χ1v) is 8.86. The second kappa shape index (κ2) is 6.80. The molecule has 3 aromatic rings. The van der Waals surface area contributed by atoms with Crippen LogP contribution in [0.2, 0.25) is 0 Å². The molecule has 3 aromatic heterocycles. The summed E-state index contributed by atoms with van der Waals surface area (Å²) in [6.45, 7) is 5.18. The van der Waals surface area contributed by atoms with Gasteiger partial charge in [-0.25, -0.2) is 9.97 Å². The van der Waals surface area contributed by atoms with Gasteiger partial charge in [-0.2, -0.15) is 0 Å². The number of aryl methyl sites for hydroxylation is 1. The van der Waals surface area contributed by atoms with Crippen LogP contribution in [0.4, 0.5) is 5.82 Å². The quantitative estimate of drug-likeness (QED) is 0.794. The summed E-state index contributed by atoms with van der Waals surface area (Å²) in [4.78, 5) is 21.3. The van der Waals surface area contributed by atoms with E-state index in [1.54, 1.807) is 0 Å². The van der Waals surface area contributed by atoms with Crippen molar-refractivity contribution in [3.63, 3.8) is 0 Å². The normalized spacial score (nSPS) is 16.4. The highest BCUT2D eigenvalue weighted by Crippen LogP contribution is 2.27. The Bertz CT molecular complexity index is 836. The molecular weight excluding hydrogens is 312 g/mol. The zero-order valence-electron chi connectivity index (χ0n) is 14.8. The molecule has 4 heterocycles. The Kier molecular flexibility index (Phi) is 4.36. The van der Waals surface area contributed by atoms with Crippen molar-refractivity contribution >= 4 is 16.9 Å². The van der Waals surface area contributed by atoms with E-state index >= 15 is 0 Å². The molecule has 0 unspecified atom stereocenters. The van der Waals surface area contributed by atoms with E-state index in [1.165, 1.54) is 5.56 Å². The number of likely N-dealkylation sites (tertiary alicyclic amines) is 1. The molecule has 1 aliphatic heterocycles. The van der Waals surface area contributed by atoms with Crippen LogP contribution < -0.4 is 4.90 Å². The highest BCUT2D eigenvalue weighted by molar-refractivity contribution is 5.87. The fourth-order valence-electron chi connectivity index (χ4n) is 3.69. The minimum Gasteiger partial charge on any atom is -0.356 e. The van der Waals surface area contributed by atoms with Crippen LogP contribution in [-0.2, 0) is 6.54 Å². The molecule has 0 aromatic carbocycles. The Hall–Kier alpha value is -2.47. The van der Waals surface area contributed by atoms with E-state index in [2.05, 4.69) is 50.0 Å². The number of hydrogen-bond donors (Lipinski definition) is 1. The third-order valence-corrected chi connectivity index (χ3v) is 5.10. The van der Waals surface area contributed by atoms with Crippen molar-refractivity contribution in [2.24, 2.45) is 0 Å². The summed E-state index contributed by atoms with van der Waals surface area (Å²) in [5.74, 6) is 1.85. The predicted octanol–water partition coefficient (Wildman–Crippen LogP) is 2.76. The third-order valence-electron chi connectivity index (χ3n) is 5.10. The van der Waals surface area contributed by atoms with Crippen molar-refractivity contribution in [3.8, 4) is 0 Å². The van der Waals surface area contributed by atoms with Crippen molar-refractivity contribution in [2.75, 3.05) is 25.0 Å². The second-order valence-corrected chi connectivity index (χ2v) is 6.81. The van der Waals surface area contributed by atoms with Gasteiger partial charge < -0.3 is 9.88 Å². The molecule has 1 N–H and O–H groups in total. The van der Waals surface area contributed by atoms with Gasteiger partial charge in [0.2, 0.25) is 0 Å². The number of aromatic nitrogens is 4. The lowest BCUT2D eigenvalue weighted by Gasteiger charge is -2.37.